The molecular formula is C19H26ClIN6O2. The van der Waals surface area contributed by atoms with E-state index in [-0.39, 0.29) is 42.5 Å². The van der Waals surface area contributed by atoms with Gasteiger partial charge in [-0.15, -0.1) is 24.0 Å². The second-order valence-corrected chi connectivity index (χ2v) is 7.09. The maximum absolute atomic E-state index is 12.6. The van der Waals surface area contributed by atoms with Crippen LogP contribution in [0.2, 0.25) is 5.02 Å². The molecule has 1 amide bonds. The van der Waals surface area contributed by atoms with E-state index in [9.17, 15) is 4.79 Å². The molecule has 1 aromatic heterocycles. The molecule has 10 heteroatoms. The second kappa shape index (κ2) is 10.7. The molecule has 1 atom stereocenters. The van der Waals surface area contributed by atoms with Crippen molar-refractivity contribution < 1.29 is 9.53 Å². The van der Waals surface area contributed by atoms with E-state index in [2.05, 4.69) is 15.4 Å². The van der Waals surface area contributed by atoms with Crippen molar-refractivity contribution in [1.29, 1.82) is 0 Å². The quantitative estimate of drug-likeness (QED) is 0.364. The number of halogens is 2. The average Bonchev–Trinajstić information content (AvgIpc) is 3.10. The molecule has 0 bridgehead atoms. The van der Waals surface area contributed by atoms with Crippen LogP contribution < -0.4 is 15.0 Å². The van der Waals surface area contributed by atoms with Crippen molar-refractivity contribution in [3.8, 4) is 5.75 Å². The number of aryl methyl sites for hydroxylation is 1. The van der Waals surface area contributed by atoms with Gasteiger partial charge in [-0.1, -0.05) is 11.6 Å². The van der Waals surface area contributed by atoms with Gasteiger partial charge in [0.05, 0.1) is 18.4 Å². The Morgan fingerprint density at radius 2 is 2.07 bits per heavy atom. The number of nitrogens with one attached hydrogen (secondary N) is 1. The molecule has 0 aliphatic carbocycles. The van der Waals surface area contributed by atoms with Crippen LogP contribution in [0, 0.1) is 0 Å². The lowest BCUT2D eigenvalue weighted by molar-refractivity contribution is -0.120. The SMILES string of the molecule is CN=C(NCC(C)Oc1ccc(Cl)cc1)N1CCN(c2cnn(C)c2)C(=O)C1.I. The minimum atomic E-state index is -0.0784. The van der Waals surface area contributed by atoms with E-state index in [4.69, 9.17) is 16.3 Å². The summed E-state index contributed by atoms with van der Waals surface area (Å²) in [5.41, 5.74) is 0.820. The summed E-state index contributed by atoms with van der Waals surface area (Å²) in [7, 11) is 3.55. The lowest BCUT2D eigenvalue weighted by Crippen LogP contribution is -2.56. The number of nitrogens with zero attached hydrogens (tertiary/aromatic N) is 5. The third-order valence-corrected chi connectivity index (χ3v) is 4.69. The highest BCUT2D eigenvalue weighted by Gasteiger charge is 2.27. The zero-order chi connectivity index (χ0) is 20.1. The fourth-order valence-electron chi connectivity index (χ4n) is 3.03. The predicted molar refractivity (Wildman–Crippen MR) is 125 cm³/mol. The summed E-state index contributed by atoms with van der Waals surface area (Å²) >= 11 is 5.89. The lowest BCUT2D eigenvalue weighted by atomic mass is 10.3. The Balaban J connectivity index is 0.00000300. The number of carbonyl (C=O) groups excluding carboxylic acids is 1. The molecule has 2 heterocycles. The van der Waals surface area contributed by atoms with Gasteiger partial charge >= 0.3 is 0 Å². The topological polar surface area (TPSA) is 75.0 Å². The molecule has 8 nitrogen and oxygen atoms in total. The molecule has 0 saturated carbocycles. The van der Waals surface area contributed by atoms with E-state index >= 15 is 0 Å². The molecule has 0 spiro atoms. The van der Waals surface area contributed by atoms with Gasteiger partial charge in [-0.25, -0.2) is 0 Å². The number of aromatic nitrogens is 2. The third kappa shape index (κ3) is 6.23. The smallest absolute Gasteiger partial charge is 0.246 e. The van der Waals surface area contributed by atoms with Gasteiger partial charge in [0, 0.05) is 38.4 Å². The van der Waals surface area contributed by atoms with Crippen molar-refractivity contribution in [2.24, 2.45) is 12.0 Å². The lowest BCUT2D eigenvalue weighted by Gasteiger charge is -2.35. The number of ether oxygens (including phenoxy) is 1. The Morgan fingerprint density at radius 1 is 1.34 bits per heavy atom. The molecule has 1 aliphatic heterocycles. The number of anilines is 1. The zero-order valence-corrected chi connectivity index (χ0v) is 19.8. The summed E-state index contributed by atoms with van der Waals surface area (Å²) in [4.78, 5) is 20.6. The van der Waals surface area contributed by atoms with Crippen LogP contribution in [0.1, 0.15) is 6.92 Å². The fourth-order valence-corrected chi connectivity index (χ4v) is 3.16. The Kier molecular flexibility index (Phi) is 8.57. The first-order valence-electron chi connectivity index (χ1n) is 9.13. The summed E-state index contributed by atoms with van der Waals surface area (Å²) in [6.45, 7) is 4.07. The number of aliphatic imine (C=N–C) groups is 1. The minimum Gasteiger partial charge on any atom is -0.489 e. The molecule has 1 saturated heterocycles. The molecule has 158 valence electrons. The van der Waals surface area contributed by atoms with Gasteiger partial charge in [-0.2, -0.15) is 5.10 Å². The summed E-state index contributed by atoms with van der Waals surface area (Å²) < 4.78 is 7.56. The van der Waals surface area contributed by atoms with Crippen molar-refractivity contribution in [3.05, 3.63) is 41.7 Å². The van der Waals surface area contributed by atoms with Crippen LogP contribution in [0.3, 0.4) is 0 Å². The van der Waals surface area contributed by atoms with Gasteiger partial charge in [0.25, 0.3) is 0 Å². The van der Waals surface area contributed by atoms with E-state index < -0.39 is 0 Å². The zero-order valence-electron chi connectivity index (χ0n) is 16.7. The number of carbonyl (C=O) groups is 1. The molecule has 1 aromatic carbocycles. The van der Waals surface area contributed by atoms with Crippen molar-refractivity contribution in [2.45, 2.75) is 13.0 Å². The summed E-state index contributed by atoms with van der Waals surface area (Å²) in [5, 5.41) is 8.10. The van der Waals surface area contributed by atoms with Crippen LogP contribution in [0.5, 0.6) is 5.75 Å². The molecule has 3 rings (SSSR count). The van der Waals surface area contributed by atoms with Crippen molar-refractivity contribution in [3.63, 3.8) is 0 Å². The Labute approximate surface area is 192 Å². The highest BCUT2D eigenvalue weighted by molar-refractivity contribution is 14.0. The molecule has 1 N–H and O–H groups in total. The normalized spacial score (nSPS) is 15.7. The van der Waals surface area contributed by atoms with E-state index in [0.717, 1.165) is 11.4 Å². The first-order chi connectivity index (χ1) is 13.5. The van der Waals surface area contributed by atoms with Gasteiger partial charge in [0.2, 0.25) is 5.91 Å². The maximum atomic E-state index is 12.6. The van der Waals surface area contributed by atoms with Crippen molar-refractivity contribution >= 4 is 53.1 Å². The number of amides is 1. The van der Waals surface area contributed by atoms with Crippen LogP contribution in [-0.2, 0) is 11.8 Å². The van der Waals surface area contributed by atoms with Crippen LogP contribution >= 0.6 is 35.6 Å². The first kappa shape index (κ1) is 23.3. The number of piperazine rings is 1. The van der Waals surface area contributed by atoms with E-state index in [1.807, 2.05) is 37.2 Å². The molecule has 1 unspecified atom stereocenters. The van der Waals surface area contributed by atoms with Crippen LogP contribution in [0.25, 0.3) is 0 Å². The monoisotopic (exact) mass is 532 g/mol. The van der Waals surface area contributed by atoms with E-state index in [0.29, 0.717) is 30.6 Å². The van der Waals surface area contributed by atoms with Crippen LogP contribution in [-0.4, -0.2) is 65.9 Å². The van der Waals surface area contributed by atoms with Gasteiger partial charge in [-0.05, 0) is 31.2 Å². The molecule has 1 fully saturated rings. The fraction of sp³-hybridized carbons (Fsp3) is 0.421. The molecule has 2 aromatic rings. The first-order valence-corrected chi connectivity index (χ1v) is 9.51. The predicted octanol–water partition coefficient (Wildman–Crippen LogP) is 2.38. The van der Waals surface area contributed by atoms with Gasteiger partial charge < -0.3 is 19.9 Å². The molecular weight excluding hydrogens is 507 g/mol. The summed E-state index contributed by atoms with van der Waals surface area (Å²) in [6.07, 6.45) is 3.47. The standard InChI is InChI=1S/C19H25ClN6O2.HI/c1-14(28-17-6-4-15(20)5-7-17)10-22-19(21-2)25-8-9-26(18(27)13-25)16-11-23-24(3)12-16;/h4-7,11-12,14H,8-10,13H2,1-3H3,(H,21,22);1H. The summed E-state index contributed by atoms with van der Waals surface area (Å²) in [5.74, 6) is 1.47. The van der Waals surface area contributed by atoms with Crippen LogP contribution in [0.4, 0.5) is 5.69 Å². The maximum Gasteiger partial charge on any atom is 0.246 e. The number of rotatable bonds is 5. The number of benzene rings is 1. The Morgan fingerprint density at radius 3 is 2.66 bits per heavy atom. The van der Waals surface area contributed by atoms with Crippen molar-refractivity contribution in [1.82, 2.24) is 20.0 Å². The molecule has 1 aliphatic rings. The van der Waals surface area contributed by atoms with Crippen LogP contribution in [0.15, 0.2) is 41.7 Å². The Bertz CT molecular complexity index is 841. The minimum absolute atomic E-state index is 0. The largest absolute Gasteiger partial charge is 0.489 e. The third-order valence-electron chi connectivity index (χ3n) is 4.43. The second-order valence-electron chi connectivity index (χ2n) is 6.65. The average molecular weight is 533 g/mol. The van der Waals surface area contributed by atoms with Gasteiger partial charge in [0.1, 0.15) is 18.4 Å². The van der Waals surface area contributed by atoms with E-state index in [1.54, 1.807) is 35.0 Å². The van der Waals surface area contributed by atoms with Gasteiger partial charge in [-0.3, -0.25) is 14.5 Å². The highest BCUT2D eigenvalue weighted by Crippen LogP contribution is 2.17. The van der Waals surface area contributed by atoms with Crippen molar-refractivity contribution in [2.75, 3.05) is 38.1 Å². The number of hydrogen-bond acceptors (Lipinski definition) is 4. The number of guanidine groups is 1. The number of hydrogen-bond donors (Lipinski definition) is 1. The molecule has 0 radical (unpaired) electrons. The van der Waals surface area contributed by atoms with Gasteiger partial charge in [0.15, 0.2) is 5.96 Å². The Hall–Kier alpha value is -2.01. The summed E-state index contributed by atoms with van der Waals surface area (Å²) in [6, 6.07) is 7.26. The van der Waals surface area contributed by atoms with E-state index in [1.165, 1.54) is 0 Å². The molecule has 29 heavy (non-hydrogen) atoms. The highest BCUT2D eigenvalue weighted by atomic mass is 127.